The third kappa shape index (κ3) is 12.3. The number of alkyl carbamates (subject to hydrolysis) is 1. The highest BCUT2D eigenvalue weighted by molar-refractivity contribution is 7.98. The van der Waals surface area contributed by atoms with Crippen LogP contribution in [-0.4, -0.2) is 70.1 Å². The lowest BCUT2D eigenvalue weighted by atomic mass is 9.94. The molecule has 9 nitrogen and oxygen atoms in total. The van der Waals surface area contributed by atoms with Gasteiger partial charge in [-0.15, -0.1) is 0 Å². The van der Waals surface area contributed by atoms with E-state index in [1.54, 1.807) is 53.3 Å². The van der Waals surface area contributed by atoms with Crippen LogP contribution >= 0.6 is 11.8 Å². The molecule has 0 fully saturated rings. The molecule has 0 saturated heterocycles. The summed E-state index contributed by atoms with van der Waals surface area (Å²) in [6.45, 7) is 18.1. The summed E-state index contributed by atoms with van der Waals surface area (Å²) in [4.78, 5) is 56.9. The lowest BCUT2D eigenvalue weighted by Gasteiger charge is -2.38. The monoisotopic (exact) mass is 655 g/mol. The number of carbonyl (C=O) groups is 4. The van der Waals surface area contributed by atoms with Crippen LogP contribution in [0.3, 0.4) is 0 Å². The average Bonchev–Trinajstić information content (AvgIpc) is 2.93. The molecular weight excluding hydrogens is 602 g/mol. The Hall–Kier alpha value is -3.53. The number of benzene rings is 2. The molecule has 0 heterocycles. The third-order valence-electron chi connectivity index (χ3n) is 6.96. The van der Waals surface area contributed by atoms with Gasteiger partial charge >= 0.3 is 12.1 Å². The molecule has 0 aromatic heterocycles. The second-order valence-corrected chi connectivity index (χ2v) is 14.9. The Morgan fingerprint density at radius 1 is 0.848 bits per heavy atom. The summed E-state index contributed by atoms with van der Waals surface area (Å²) in [6, 6.07) is 11.6. The fourth-order valence-electron chi connectivity index (χ4n) is 4.94. The molecule has 0 bridgehead atoms. The molecule has 3 atom stereocenters. The number of rotatable bonds is 13. The van der Waals surface area contributed by atoms with Gasteiger partial charge in [-0.2, -0.15) is 11.8 Å². The number of nitrogens with zero attached hydrogens (tertiary/aromatic N) is 1. The molecule has 0 aliphatic heterocycles. The van der Waals surface area contributed by atoms with Crippen LogP contribution in [0.1, 0.15) is 90.1 Å². The molecule has 0 saturated carbocycles. The number of hydrogen-bond acceptors (Lipinski definition) is 7. The van der Waals surface area contributed by atoms with Crippen molar-refractivity contribution < 1.29 is 28.7 Å². The SMILES string of the molecule is CSCCC(NC(=O)OC(C)(C)C)C(=O)N(C(C)C)C(C(=O)NC(Cc1ccccc1)C(=O)OC(C)(C)C)c1cc(C)ccc1C. The minimum absolute atomic E-state index is 0.202. The lowest BCUT2D eigenvalue weighted by molar-refractivity contribution is -0.159. The van der Waals surface area contributed by atoms with E-state index in [1.165, 1.54) is 4.90 Å². The van der Waals surface area contributed by atoms with E-state index < -0.39 is 59.2 Å². The fourth-order valence-corrected chi connectivity index (χ4v) is 5.41. The minimum atomic E-state index is -1.11. The van der Waals surface area contributed by atoms with Crippen LogP contribution in [0.5, 0.6) is 0 Å². The smallest absolute Gasteiger partial charge is 0.408 e. The first-order valence-electron chi connectivity index (χ1n) is 15.8. The zero-order valence-corrected chi connectivity index (χ0v) is 30.2. The van der Waals surface area contributed by atoms with Gasteiger partial charge in [0.05, 0.1) is 0 Å². The van der Waals surface area contributed by atoms with Crippen LogP contribution in [0.4, 0.5) is 4.79 Å². The molecule has 254 valence electrons. The molecule has 3 amide bonds. The Labute approximate surface area is 279 Å². The van der Waals surface area contributed by atoms with Crippen LogP contribution in [-0.2, 0) is 30.3 Å². The predicted octanol–water partition coefficient (Wildman–Crippen LogP) is 6.30. The summed E-state index contributed by atoms with van der Waals surface area (Å²) in [5.41, 5.74) is 1.66. The van der Waals surface area contributed by atoms with Crippen LogP contribution in [0.2, 0.25) is 0 Å². The van der Waals surface area contributed by atoms with Crippen molar-refractivity contribution in [3.8, 4) is 0 Å². The molecule has 3 unspecified atom stereocenters. The van der Waals surface area contributed by atoms with Gasteiger partial charge in [-0.3, -0.25) is 9.59 Å². The van der Waals surface area contributed by atoms with Gasteiger partial charge in [0.2, 0.25) is 11.8 Å². The van der Waals surface area contributed by atoms with E-state index in [-0.39, 0.29) is 6.42 Å². The van der Waals surface area contributed by atoms with Crippen LogP contribution in [0.25, 0.3) is 0 Å². The van der Waals surface area contributed by atoms with Gasteiger partial charge < -0.3 is 25.0 Å². The normalized spacial score (nSPS) is 13.7. The second-order valence-electron chi connectivity index (χ2n) is 13.9. The summed E-state index contributed by atoms with van der Waals surface area (Å²) in [5.74, 6) is -0.927. The first-order valence-corrected chi connectivity index (χ1v) is 17.2. The van der Waals surface area contributed by atoms with Gasteiger partial charge in [0.25, 0.3) is 0 Å². The van der Waals surface area contributed by atoms with Gasteiger partial charge in [0.15, 0.2) is 0 Å². The Kier molecular flexibility index (Phi) is 14.2. The van der Waals surface area contributed by atoms with Crippen molar-refractivity contribution in [1.82, 2.24) is 15.5 Å². The van der Waals surface area contributed by atoms with Crippen molar-refractivity contribution in [2.24, 2.45) is 0 Å². The van der Waals surface area contributed by atoms with Gasteiger partial charge in [-0.25, -0.2) is 9.59 Å². The summed E-state index contributed by atoms with van der Waals surface area (Å²) < 4.78 is 11.2. The number of aryl methyl sites for hydroxylation is 2. The first-order chi connectivity index (χ1) is 21.3. The zero-order valence-electron chi connectivity index (χ0n) is 29.4. The number of amides is 3. The lowest BCUT2D eigenvalue weighted by Crippen LogP contribution is -2.57. The van der Waals surface area contributed by atoms with E-state index in [1.807, 2.05) is 82.5 Å². The van der Waals surface area contributed by atoms with Gasteiger partial charge in [-0.05, 0) is 104 Å². The molecule has 0 radical (unpaired) electrons. The summed E-state index contributed by atoms with van der Waals surface area (Å²) >= 11 is 1.55. The van der Waals surface area contributed by atoms with E-state index >= 15 is 0 Å². The number of nitrogens with one attached hydrogen (secondary N) is 2. The van der Waals surface area contributed by atoms with Gasteiger partial charge in [0.1, 0.15) is 29.3 Å². The third-order valence-corrected chi connectivity index (χ3v) is 7.60. The van der Waals surface area contributed by atoms with Crippen molar-refractivity contribution in [1.29, 1.82) is 0 Å². The largest absolute Gasteiger partial charge is 0.458 e. The number of esters is 1. The summed E-state index contributed by atoms with van der Waals surface area (Å²) in [5, 5.41) is 5.71. The molecule has 46 heavy (non-hydrogen) atoms. The standard InChI is InChI=1S/C36H53N3O6S/c1-23(2)39(32(41)28(19-20-46-11)38-34(43)45-36(8,9)10)30(27-21-24(3)17-18-25(27)4)31(40)37-29(33(42)44-35(5,6)7)22-26-15-13-12-14-16-26/h12-18,21,23,28-30H,19-20,22H2,1-11H3,(H,37,40)(H,38,43). The van der Waals surface area contributed by atoms with Crippen molar-refractivity contribution in [3.63, 3.8) is 0 Å². The summed E-state index contributed by atoms with van der Waals surface area (Å²) in [6.07, 6.45) is 1.74. The Bertz CT molecular complexity index is 1330. The Morgan fingerprint density at radius 2 is 1.46 bits per heavy atom. The van der Waals surface area contributed by atoms with E-state index in [9.17, 15) is 19.2 Å². The van der Waals surface area contributed by atoms with Crippen LogP contribution in [0, 0.1) is 13.8 Å². The predicted molar refractivity (Wildman–Crippen MR) is 185 cm³/mol. The molecule has 2 aromatic rings. The van der Waals surface area contributed by atoms with Crippen LogP contribution in [0.15, 0.2) is 48.5 Å². The molecule has 2 aromatic carbocycles. The molecule has 2 N–H and O–H groups in total. The van der Waals surface area contributed by atoms with Gasteiger partial charge in [-0.1, -0.05) is 54.1 Å². The quantitative estimate of drug-likeness (QED) is 0.244. The van der Waals surface area contributed by atoms with E-state index in [0.717, 1.165) is 16.7 Å². The van der Waals surface area contributed by atoms with E-state index in [2.05, 4.69) is 10.6 Å². The number of carbonyl (C=O) groups excluding carboxylic acids is 4. The Morgan fingerprint density at radius 3 is 2.00 bits per heavy atom. The summed E-state index contributed by atoms with van der Waals surface area (Å²) in [7, 11) is 0. The molecular formula is C36H53N3O6S. The average molecular weight is 656 g/mol. The van der Waals surface area contributed by atoms with Crippen LogP contribution < -0.4 is 10.6 Å². The minimum Gasteiger partial charge on any atom is -0.458 e. The van der Waals surface area contributed by atoms with Gasteiger partial charge in [0, 0.05) is 12.5 Å². The molecule has 0 aliphatic carbocycles. The number of thioether (sulfide) groups is 1. The first kappa shape index (κ1) is 38.7. The highest BCUT2D eigenvalue weighted by atomic mass is 32.2. The fraction of sp³-hybridized carbons (Fsp3) is 0.556. The second kappa shape index (κ2) is 16.9. The maximum absolute atomic E-state index is 14.5. The maximum atomic E-state index is 14.5. The van der Waals surface area contributed by atoms with Crippen molar-refractivity contribution in [2.75, 3.05) is 12.0 Å². The van der Waals surface area contributed by atoms with E-state index in [0.29, 0.717) is 17.7 Å². The maximum Gasteiger partial charge on any atom is 0.408 e. The number of hydrogen-bond donors (Lipinski definition) is 2. The van der Waals surface area contributed by atoms with E-state index in [4.69, 9.17) is 9.47 Å². The topological polar surface area (TPSA) is 114 Å². The molecule has 0 spiro atoms. The molecule has 0 aliphatic rings. The highest BCUT2D eigenvalue weighted by Gasteiger charge is 2.40. The molecule has 10 heteroatoms. The zero-order chi connectivity index (χ0) is 34.8. The highest BCUT2D eigenvalue weighted by Crippen LogP contribution is 2.29. The molecule has 2 rings (SSSR count). The van der Waals surface area contributed by atoms with Crippen molar-refractivity contribution in [2.45, 2.75) is 117 Å². The van der Waals surface area contributed by atoms with Crippen molar-refractivity contribution in [3.05, 3.63) is 70.8 Å². The van der Waals surface area contributed by atoms with Crippen molar-refractivity contribution >= 4 is 35.6 Å². The number of ether oxygens (including phenoxy) is 2. The Balaban J connectivity index is 2.64.